The molecule has 1 N–H and O–H groups in total. The Kier molecular flexibility index (Phi) is 5.58. The molecule has 0 saturated heterocycles. The monoisotopic (exact) mass is 377 g/mol. The van der Waals surface area contributed by atoms with Crippen LogP contribution in [0.2, 0.25) is 0 Å². The van der Waals surface area contributed by atoms with Gasteiger partial charge < -0.3 is 10.1 Å². The second kappa shape index (κ2) is 8.05. The summed E-state index contributed by atoms with van der Waals surface area (Å²) < 4.78 is 44.4. The minimum atomic E-state index is -1.05. The molecule has 0 bridgehead atoms. The van der Waals surface area contributed by atoms with Crippen LogP contribution >= 0.6 is 11.3 Å². The summed E-state index contributed by atoms with van der Waals surface area (Å²) in [7, 11) is 0. The van der Waals surface area contributed by atoms with Crippen LogP contribution in [0.5, 0.6) is 5.75 Å². The third-order valence-corrected chi connectivity index (χ3v) is 4.53. The van der Waals surface area contributed by atoms with Gasteiger partial charge in [-0.15, -0.1) is 11.3 Å². The number of benzene rings is 2. The fourth-order valence-corrected chi connectivity index (χ4v) is 3.15. The van der Waals surface area contributed by atoms with Crippen LogP contribution in [-0.2, 0) is 4.79 Å². The molecule has 2 aromatic carbocycles. The first kappa shape index (κ1) is 18.0. The molecule has 3 rings (SSSR count). The van der Waals surface area contributed by atoms with Gasteiger partial charge in [0.05, 0.1) is 6.04 Å². The summed E-state index contributed by atoms with van der Waals surface area (Å²) in [6.45, 7) is -0.367. The molecule has 7 heteroatoms. The lowest BCUT2D eigenvalue weighted by atomic mass is 10.1. The molecule has 0 radical (unpaired) electrons. The number of halogens is 3. The molecular formula is C19H14F3NO2S. The molecule has 1 atom stereocenters. The van der Waals surface area contributed by atoms with Gasteiger partial charge >= 0.3 is 0 Å². The zero-order chi connectivity index (χ0) is 18.5. The summed E-state index contributed by atoms with van der Waals surface area (Å²) in [4.78, 5) is 13.1. The standard InChI is InChI=1S/C19H14F3NO2S/c20-13-5-3-12(4-6-13)19(17-2-1-9-26-17)23-18(24)11-25-14-7-8-15(21)16(22)10-14/h1-10,19H,11H2,(H,23,24). The third kappa shape index (κ3) is 4.43. The van der Waals surface area contributed by atoms with Crippen molar-refractivity contribution in [3.8, 4) is 5.75 Å². The lowest BCUT2D eigenvalue weighted by Crippen LogP contribution is -2.32. The lowest BCUT2D eigenvalue weighted by molar-refractivity contribution is -0.123. The number of amides is 1. The highest BCUT2D eigenvalue weighted by Gasteiger charge is 2.18. The second-order valence-electron chi connectivity index (χ2n) is 5.43. The van der Waals surface area contributed by atoms with Crippen LogP contribution in [0.15, 0.2) is 60.0 Å². The van der Waals surface area contributed by atoms with Crippen molar-refractivity contribution in [3.05, 3.63) is 87.9 Å². The highest BCUT2D eigenvalue weighted by molar-refractivity contribution is 7.10. The largest absolute Gasteiger partial charge is 0.484 e. The first-order valence-electron chi connectivity index (χ1n) is 7.69. The quantitative estimate of drug-likeness (QED) is 0.689. The summed E-state index contributed by atoms with van der Waals surface area (Å²) in [6, 6.07) is 12.1. The van der Waals surface area contributed by atoms with Crippen LogP contribution in [0.3, 0.4) is 0 Å². The van der Waals surface area contributed by atoms with Gasteiger partial charge in [-0.3, -0.25) is 4.79 Å². The van der Waals surface area contributed by atoms with Crippen molar-refractivity contribution in [2.45, 2.75) is 6.04 Å². The van der Waals surface area contributed by atoms with Gasteiger partial charge in [-0.05, 0) is 41.3 Å². The van der Waals surface area contributed by atoms with Crippen molar-refractivity contribution < 1.29 is 22.7 Å². The molecule has 0 aliphatic carbocycles. The molecule has 0 saturated carbocycles. The fourth-order valence-electron chi connectivity index (χ4n) is 2.35. The first-order chi connectivity index (χ1) is 12.5. The number of hydrogen-bond donors (Lipinski definition) is 1. The van der Waals surface area contributed by atoms with Crippen LogP contribution < -0.4 is 10.1 Å². The Labute approximate surface area is 152 Å². The normalized spacial score (nSPS) is 11.8. The highest BCUT2D eigenvalue weighted by atomic mass is 32.1. The SMILES string of the molecule is O=C(COc1ccc(F)c(F)c1)NC(c1ccc(F)cc1)c1cccs1. The Hall–Kier alpha value is -2.80. The maximum Gasteiger partial charge on any atom is 0.258 e. The molecule has 0 spiro atoms. The van der Waals surface area contributed by atoms with Gasteiger partial charge in [0, 0.05) is 10.9 Å². The van der Waals surface area contributed by atoms with Crippen molar-refractivity contribution in [1.82, 2.24) is 5.32 Å². The van der Waals surface area contributed by atoms with Gasteiger partial charge in [-0.1, -0.05) is 18.2 Å². The molecule has 3 aromatic rings. The molecule has 0 aliphatic rings. The van der Waals surface area contributed by atoms with E-state index >= 15 is 0 Å². The van der Waals surface area contributed by atoms with Crippen LogP contribution in [0.4, 0.5) is 13.2 Å². The molecule has 1 unspecified atom stereocenters. The maximum absolute atomic E-state index is 13.2. The zero-order valence-electron chi connectivity index (χ0n) is 13.4. The Morgan fingerprint density at radius 3 is 2.46 bits per heavy atom. The van der Waals surface area contributed by atoms with Crippen molar-refractivity contribution >= 4 is 17.2 Å². The first-order valence-corrected chi connectivity index (χ1v) is 8.57. The minimum absolute atomic E-state index is 0.0495. The predicted molar refractivity (Wildman–Crippen MR) is 92.6 cm³/mol. The second-order valence-corrected chi connectivity index (χ2v) is 6.41. The van der Waals surface area contributed by atoms with Gasteiger partial charge in [-0.2, -0.15) is 0 Å². The Bertz CT molecular complexity index is 882. The molecule has 26 heavy (non-hydrogen) atoms. The summed E-state index contributed by atoms with van der Waals surface area (Å²) in [5, 5.41) is 4.68. The summed E-state index contributed by atoms with van der Waals surface area (Å²) in [5.41, 5.74) is 0.718. The summed E-state index contributed by atoms with van der Waals surface area (Å²) in [5.74, 6) is -2.81. The van der Waals surface area contributed by atoms with E-state index in [4.69, 9.17) is 4.74 Å². The predicted octanol–water partition coefficient (Wildman–Crippen LogP) is 4.45. The summed E-state index contributed by atoms with van der Waals surface area (Å²) in [6.07, 6.45) is 0. The van der Waals surface area contributed by atoms with Crippen LogP contribution in [-0.4, -0.2) is 12.5 Å². The van der Waals surface area contributed by atoms with E-state index in [2.05, 4.69) is 5.32 Å². The summed E-state index contributed by atoms with van der Waals surface area (Å²) >= 11 is 1.45. The van der Waals surface area contributed by atoms with E-state index in [1.807, 2.05) is 17.5 Å². The van der Waals surface area contributed by atoms with Gasteiger partial charge in [-0.25, -0.2) is 13.2 Å². The van der Waals surface area contributed by atoms with Crippen molar-refractivity contribution in [1.29, 1.82) is 0 Å². The number of hydrogen-bond acceptors (Lipinski definition) is 3. The molecule has 134 valence electrons. The number of rotatable bonds is 6. The van der Waals surface area contributed by atoms with E-state index in [0.29, 0.717) is 0 Å². The minimum Gasteiger partial charge on any atom is -0.484 e. The zero-order valence-corrected chi connectivity index (χ0v) is 14.2. The van der Waals surface area contributed by atoms with E-state index in [9.17, 15) is 18.0 Å². The maximum atomic E-state index is 13.2. The van der Waals surface area contributed by atoms with Gasteiger partial charge in [0.25, 0.3) is 5.91 Å². The lowest BCUT2D eigenvalue weighted by Gasteiger charge is -2.18. The van der Waals surface area contributed by atoms with Gasteiger partial charge in [0.1, 0.15) is 11.6 Å². The van der Waals surface area contributed by atoms with Crippen molar-refractivity contribution in [2.24, 2.45) is 0 Å². The third-order valence-electron chi connectivity index (χ3n) is 3.60. The smallest absolute Gasteiger partial charge is 0.258 e. The highest BCUT2D eigenvalue weighted by Crippen LogP contribution is 2.26. The Morgan fingerprint density at radius 1 is 1.04 bits per heavy atom. The molecular weight excluding hydrogens is 363 g/mol. The van der Waals surface area contributed by atoms with Gasteiger partial charge in [0.2, 0.25) is 0 Å². The Morgan fingerprint density at radius 2 is 1.81 bits per heavy atom. The molecule has 1 amide bonds. The van der Waals surface area contributed by atoms with E-state index in [1.54, 1.807) is 12.1 Å². The molecule has 0 fully saturated rings. The van der Waals surface area contributed by atoms with E-state index < -0.39 is 23.6 Å². The van der Waals surface area contributed by atoms with E-state index in [0.717, 1.165) is 22.6 Å². The number of nitrogens with one attached hydrogen (secondary N) is 1. The van der Waals surface area contributed by atoms with Crippen molar-refractivity contribution in [2.75, 3.05) is 6.61 Å². The average Bonchev–Trinajstić information content (AvgIpc) is 3.16. The Balaban J connectivity index is 1.69. The van der Waals surface area contributed by atoms with Crippen LogP contribution in [0, 0.1) is 17.5 Å². The van der Waals surface area contributed by atoms with Crippen molar-refractivity contribution in [3.63, 3.8) is 0 Å². The number of ether oxygens (including phenoxy) is 1. The molecule has 3 nitrogen and oxygen atoms in total. The molecule has 1 heterocycles. The molecule has 1 aromatic heterocycles. The topological polar surface area (TPSA) is 38.3 Å². The number of thiophene rings is 1. The van der Waals surface area contributed by atoms with E-state index in [-0.39, 0.29) is 18.2 Å². The van der Waals surface area contributed by atoms with E-state index in [1.165, 1.54) is 29.5 Å². The number of carbonyl (C=O) groups excluding carboxylic acids is 1. The van der Waals surface area contributed by atoms with Crippen LogP contribution in [0.25, 0.3) is 0 Å². The van der Waals surface area contributed by atoms with Crippen LogP contribution in [0.1, 0.15) is 16.5 Å². The van der Waals surface area contributed by atoms with Gasteiger partial charge in [0.15, 0.2) is 18.2 Å². The number of carbonyl (C=O) groups is 1. The average molecular weight is 377 g/mol. The fraction of sp³-hybridized carbons (Fsp3) is 0.105. The molecule has 0 aliphatic heterocycles.